The standard InChI is InChI=1S/C19H20N2O6/c1-11-2-4-12(5-3-11)14(23)7-6-13-9-21(19(26)20-18(13)25)17-8-15(24)16(10-22)27-17/h2-7,9,15-17,22,24H,8,10H2,1H3,(H,20,25,26)/b7-6+/t15-,16+,17+/m0/s1. The van der Waals surface area contributed by atoms with Crippen molar-refractivity contribution in [2.75, 3.05) is 6.61 Å². The Labute approximate surface area is 154 Å². The van der Waals surface area contributed by atoms with E-state index in [1.54, 1.807) is 12.1 Å². The van der Waals surface area contributed by atoms with Crippen molar-refractivity contribution in [2.24, 2.45) is 0 Å². The molecule has 1 fully saturated rings. The molecular weight excluding hydrogens is 352 g/mol. The van der Waals surface area contributed by atoms with Gasteiger partial charge in [0.15, 0.2) is 5.78 Å². The number of aromatic amines is 1. The van der Waals surface area contributed by atoms with Gasteiger partial charge in [0.1, 0.15) is 12.3 Å². The quantitative estimate of drug-likeness (QED) is 0.515. The number of rotatable bonds is 5. The maximum Gasteiger partial charge on any atom is 0.330 e. The molecule has 2 heterocycles. The molecule has 0 aliphatic carbocycles. The fourth-order valence-electron chi connectivity index (χ4n) is 2.86. The number of ether oxygens (including phenoxy) is 1. The lowest BCUT2D eigenvalue weighted by Crippen LogP contribution is -2.33. The van der Waals surface area contributed by atoms with Gasteiger partial charge in [0.25, 0.3) is 5.56 Å². The predicted molar refractivity (Wildman–Crippen MR) is 97.5 cm³/mol. The van der Waals surface area contributed by atoms with E-state index in [4.69, 9.17) is 9.84 Å². The van der Waals surface area contributed by atoms with Crippen LogP contribution in [-0.4, -0.2) is 44.4 Å². The van der Waals surface area contributed by atoms with Crippen molar-refractivity contribution >= 4 is 11.9 Å². The Morgan fingerprint density at radius 1 is 1.33 bits per heavy atom. The Morgan fingerprint density at radius 2 is 2.04 bits per heavy atom. The van der Waals surface area contributed by atoms with E-state index in [0.717, 1.165) is 10.1 Å². The number of benzene rings is 1. The normalized spacial score (nSPS) is 22.4. The van der Waals surface area contributed by atoms with Gasteiger partial charge in [-0.2, -0.15) is 0 Å². The summed E-state index contributed by atoms with van der Waals surface area (Å²) in [5.74, 6) is -0.278. The topological polar surface area (TPSA) is 122 Å². The Balaban J connectivity index is 1.86. The summed E-state index contributed by atoms with van der Waals surface area (Å²) >= 11 is 0. The van der Waals surface area contributed by atoms with Gasteiger partial charge >= 0.3 is 5.69 Å². The first-order chi connectivity index (χ1) is 12.9. The molecule has 3 rings (SSSR count). The lowest BCUT2D eigenvalue weighted by atomic mass is 10.1. The van der Waals surface area contributed by atoms with E-state index in [9.17, 15) is 19.5 Å². The number of hydrogen-bond donors (Lipinski definition) is 3. The molecule has 1 saturated heterocycles. The molecule has 0 saturated carbocycles. The first-order valence-electron chi connectivity index (χ1n) is 8.48. The van der Waals surface area contributed by atoms with Crippen LogP contribution in [0, 0.1) is 6.92 Å². The molecule has 0 spiro atoms. The zero-order valence-electron chi connectivity index (χ0n) is 14.7. The van der Waals surface area contributed by atoms with E-state index < -0.39 is 29.7 Å². The van der Waals surface area contributed by atoms with Gasteiger partial charge in [0.05, 0.1) is 18.3 Å². The summed E-state index contributed by atoms with van der Waals surface area (Å²) in [6.45, 7) is 1.53. The monoisotopic (exact) mass is 372 g/mol. The van der Waals surface area contributed by atoms with Crippen molar-refractivity contribution in [1.82, 2.24) is 9.55 Å². The minimum atomic E-state index is -0.916. The van der Waals surface area contributed by atoms with Crippen LogP contribution in [0.15, 0.2) is 46.1 Å². The zero-order valence-corrected chi connectivity index (χ0v) is 14.7. The third-order valence-electron chi connectivity index (χ3n) is 4.44. The number of carbonyl (C=O) groups excluding carboxylic acids is 1. The molecule has 3 N–H and O–H groups in total. The maximum atomic E-state index is 12.2. The predicted octanol–water partition coefficient (Wildman–Crippen LogP) is 0.382. The first-order valence-corrected chi connectivity index (χ1v) is 8.48. The average molecular weight is 372 g/mol. The van der Waals surface area contributed by atoms with Crippen molar-refractivity contribution in [3.8, 4) is 0 Å². The fraction of sp³-hybridized carbons (Fsp3) is 0.316. The molecule has 3 atom stereocenters. The number of aryl methyl sites for hydroxylation is 1. The minimum absolute atomic E-state index is 0.0978. The number of aliphatic hydroxyl groups excluding tert-OH is 2. The average Bonchev–Trinajstić information content (AvgIpc) is 3.02. The molecule has 1 aliphatic rings. The third kappa shape index (κ3) is 4.13. The molecule has 27 heavy (non-hydrogen) atoms. The molecule has 0 bridgehead atoms. The van der Waals surface area contributed by atoms with Crippen LogP contribution >= 0.6 is 0 Å². The largest absolute Gasteiger partial charge is 0.394 e. The van der Waals surface area contributed by atoms with Crippen molar-refractivity contribution in [1.29, 1.82) is 0 Å². The molecule has 8 heteroatoms. The zero-order chi connectivity index (χ0) is 19.6. The lowest BCUT2D eigenvalue weighted by Gasteiger charge is -2.14. The van der Waals surface area contributed by atoms with Crippen LogP contribution in [-0.2, 0) is 4.74 Å². The summed E-state index contributed by atoms with van der Waals surface area (Å²) in [6.07, 6.45) is 1.43. The highest BCUT2D eigenvalue weighted by atomic mass is 16.5. The van der Waals surface area contributed by atoms with Gasteiger partial charge in [-0.15, -0.1) is 0 Å². The van der Waals surface area contributed by atoms with Crippen LogP contribution in [0.25, 0.3) is 6.08 Å². The van der Waals surface area contributed by atoms with Crippen LogP contribution in [0.5, 0.6) is 0 Å². The molecule has 1 aromatic heterocycles. The minimum Gasteiger partial charge on any atom is -0.394 e. The first kappa shape index (κ1) is 19.0. The smallest absolute Gasteiger partial charge is 0.330 e. The van der Waals surface area contributed by atoms with Crippen molar-refractivity contribution in [3.63, 3.8) is 0 Å². The number of hydrogen-bond acceptors (Lipinski definition) is 6. The summed E-state index contributed by atoms with van der Waals surface area (Å²) < 4.78 is 6.58. The summed E-state index contributed by atoms with van der Waals surface area (Å²) in [7, 11) is 0. The number of ketones is 1. The summed E-state index contributed by atoms with van der Waals surface area (Å²) in [4.78, 5) is 38.5. The van der Waals surface area contributed by atoms with Gasteiger partial charge in [0.2, 0.25) is 0 Å². The molecule has 2 aromatic rings. The van der Waals surface area contributed by atoms with Gasteiger partial charge < -0.3 is 14.9 Å². The Bertz CT molecular complexity index is 973. The summed E-state index contributed by atoms with van der Waals surface area (Å²) in [6, 6.07) is 7.01. The van der Waals surface area contributed by atoms with Gasteiger partial charge in [0, 0.05) is 18.2 Å². The van der Waals surface area contributed by atoms with E-state index in [1.165, 1.54) is 18.3 Å². The second-order valence-electron chi connectivity index (χ2n) is 6.43. The molecule has 8 nitrogen and oxygen atoms in total. The molecule has 0 unspecified atom stereocenters. The van der Waals surface area contributed by atoms with E-state index >= 15 is 0 Å². The summed E-state index contributed by atoms with van der Waals surface area (Å²) in [5, 5.41) is 19.0. The number of aliphatic hydroxyl groups is 2. The molecule has 0 amide bonds. The van der Waals surface area contributed by atoms with Crippen LogP contribution in [0.1, 0.15) is 34.1 Å². The number of allylic oxidation sites excluding steroid dienone is 1. The van der Waals surface area contributed by atoms with Gasteiger partial charge in [-0.1, -0.05) is 29.8 Å². The molecule has 1 aliphatic heterocycles. The van der Waals surface area contributed by atoms with Gasteiger partial charge in [-0.3, -0.25) is 19.1 Å². The molecule has 142 valence electrons. The van der Waals surface area contributed by atoms with Crippen molar-refractivity contribution < 1.29 is 19.7 Å². The van der Waals surface area contributed by atoms with E-state index in [1.807, 2.05) is 19.1 Å². The second-order valence-corrected chi connectivity index (χ2v) is 6.43. The molecular formula is C19H20N2O6. The van der Waals surface area contributed by atoms with Crippen LogP contribution in [0.4, 0.5) is 0 Å². The second kappa shape index (κ2) is 7.83. The number of carbonyl (C=O) groups is 1. The molecule has 1 aromatic carbocycles. The highest BCUT2D eigenvalue weighted by molar-refractivity contribution is 6.06. The van der Waals surface area contributed by atoms with E-state index in [2.05, 4.69) is 4.98 Å². The van der Waals surface area contributed by atoms with E-state index in [0.29, 0.717) is 5.56 Å². The number of aromatic nitrogens is 2. The van der Waals surface area contributed by atoms with Gasteiger partial charge in [-0.25, -0.2) is 4.79 Å². The maximum absolute atomic E-state index is 12.2. The van der Waals surface area contributed by atoms with Crippen LogP contribution < -0.4 is 11.2 Å². The third-order valence-corrected chi connectivity index (χ3v) is 4.44. The highest BCUT2D eigenvalue weighted by Gasteiger charge is 2.35. The van der Waals surface area contributed by atoms with Crippen molar-refractivity contribution in [3.05, 3.63) is 74.1 Å². The Hall–Kier alpha value is -2.81. The fourth-order valence-corrected chi connectivity index (χ4v) is 2.86. The number of nitrogens with one attached hydrogen (secondary N) is 1. The number of nitrogens with zero attached hydrogens (tertiary/aromatic N) is 1. The SMILES string of the molecule is Cc1ccc(C(=O)/C=C/c2cn([C@H]3C[C@H](O)[C@@H](CO)O3)c(=O)[nH]c2=O)cc1. The van der Waals surface area contributed by atoms with Gasteiger partial charge in [-0.05, 0) is 19.1 Å². The Morgan fingerprint density at radius 3 is 2.67 bits per heavy atom. The summed E-state index contributed by atoms with van der Waals surface area (Å²) in [5.41, 5.74) is 0.272. The highest BCUT2D eigenvalue weighted by Crippen LogP contribution is 2.27. The van der Waals surface area contributed by atoms with E-state index in [-0.39, 0.29) is 24.4 Å². The Kier molecular flexibility index (Phi) is 5.50. The molecule has 0 radical (unpaired) electrons. The van der Waals surface area contributed by atoms with Crippen LogP contribution in [0.2, 0.25) is 0 Å². The lowest BCUT2D eigenvalue weighted by molar-refractivity contribution is -0.0459. The van der Waals surface area contributed by atoms with Crippen LogP contribution in [0.3, 0.4) is 0 Å². The van der Waals surface area contributed by atoms with Crippen molar-refractivity contribution in [2.45, 2.75) is 31.8 Å². The number of H-pyrrole nitrogens is 1.